The van der Waals surface area contributed by atoms with Crippen molar-refractivity contribution in [1.29, 1.82) is 0 Å². The van der Waals surface area contributed by atoms with Crippen LogP contribution in [0.15, 0.2) is 10.9 Å². The summed E-state index contributed by atoms with van der Waals surface area (Å²) in [5, 5.41) is 8.69. The van der Waals surface area contributed by atoms with E-state index >= 15 is 0 Å². The van der Waals surface area contributed by atoms with Gasteiger partial charge in [0.05, 0.1) is 4.70 Å². The molecule has 1 N–H and O–H groups in total. The molecule has 0 aliphatic heterocycles. The van der Waals surface area contributed by atoms with Gasteiger partial charge in [-0.15, -0.1) is 11.3 Å². The molecule has 0 aliphatic carbocycles. The van der Waals surface area contributed by atoms with Gasteiger partial charge in [0.15, 0.2) is 0 Å². The van der Waals surface area contributed by atoms with Crippen LogP contribution in [-0.4, -0.2) is 15.6 Å². The molecule has 13 heavy (non-hydrogen) atoms. The molecule has 0 aromatic carbocycles. The van der Waals surface area contributed by atoms with Crippen molar-refractivity contribution in [2.24, 2.45) is 7.05 Å². The molecule has 0 saturated heterocycles. The predicted octanol–water partition coefficient (Wildman–Crippen LogP) is 1.36. The number of nitrogens with zero attached hydrogens (tertiary/aromatic N) is 1. The lowest BCUT2D eigenvalue weighted by Gasteiger charge is -1.85. The number of carbonyl (C=O) groups is 1. The number of rotatable bonds is 1. The summed E-state index contributed by atoms with van der Waals surface area (Å²) in [5.74, 6) is -0.944. The molecule has 68 valence electrons. The molecule has 0 spiro atoms. The molecular formula is C7H5NO3S2. The Bertz CT molecular complexity index is 533. The molecule has 0 atom stereocenters. The minimum Gasteiger partial charge on any atom is -0.477 e. The van der Waals surface area contributed by atoms with Crippen molar-refractivity contribution in [2.45, 2.75) is 0 Å². The molecule has 0 unspecified atom stereocenters. The zero-order chi connectivity index (χ0) is 9.59. The Morgan fingerprint density at radius 3 is 2.77 bits per heavy atom. The second-order valence-electron chi connectivity index (χ2n) is 2.51. The molecule has 4 nitrogen and oxygen atoms in total. The summed E-state index contributed by atoms with van der Waals surface area (Å²) < 4.78 is 2.21. The van der Waals surface area contributed by atoms with E-state index in [0.29, 0.717) is 0 Å². The zero-order valence-corrected chi connectivity index (χ0v) is 8.24. The van der Waals surface area contributed by atoms with Gasteiger partial charge >= 0.3 is 10.8 Å². The van der Waals surface area contributed by atoms with Crippen molar-refractivity contribution >= 4 is 38.2 Å². The number of fused-ring (bicyclic) bond motifs is 1. The monoisotopic (exact) mass is 215 g/mol. The summed E-state index contributed by atoms with van der Waals surface area (Å²) in [5.41, 5.74) is 0. The van der Waals surface area contributed by atoms with Crippen LogP contribution in [0.25, 0.3) is 9.53 Å². The van der Waals surface area contributed by atoms with E-state index < -0.39 is 5.97 Å². The highest BCUT2D eigenvalue weighted by atomic mass is 32.1. The first kappa shape index (κ1) is 8.46. The van der Waals surface area contributed by atoms with Crippen molar-refractivity contribution in [3.05, 3.63) is 20.6 Å². The van der Waals surface area contributed by atoms with Gasteiger partial charge in [-0.1, -0.05) is 11.3 Å². The predicted molar refractivity (Wildman–Crippen MR) is 51.9 cm³/mol. The van der Waals surface area contributed by atoms with Crippen molar-refractivity contribution in [2.75, 3.05) is 0 Å². The van der Waals surface area contributed by atoms with Crippen molar-refractivity contribution in [1.82, 2.24) is 4.57 Å². The van der Waals surface area contributed by atoms with Crippen LogP contribution in [0.1, 0.15) is 9.67 Å². The Labute approximate surface area is 80.7 Å². The third-order valence-electron chi connectivity index (χ3n) is 1.67. The molecule has 0 bridgehead atoms. The van der Waals surface area contributed by atoms with E-state index in [0.717, 1.165) is 32.2 Å². The van der Waals surface area contributed by atoms with Gasteiger partial charge in [0.25, 0.3) is 0 Å². The first-order valence-electron chi connectivity index (χ1n) is 3.42. The largest absolute Gasteiger partial charge is 0.477 e. The summed E-state index contributed by atoms with van der Waals surface area (Å²) in [4.78, 5) is 22.7. The lowest BCUT2D eigenvalue weighted by molar-refractivity contribution is 0.0702. The van der Waals surface area contributed by atoms with Crippen LogP contribution >= 0.6 is 22.7 Å². The highest BCUT2D eigenvalue weighted by Gasteiger charge is 2.12. The molecule has 0 radical (unpaired) electrons. The number of thiophene rings is 1. The van der Waals surface area contributed by atoms with Gasteiger partial charge in [-0.3, -0.25) is 9.36 Å². The summed E-state index contributed by atoms with van der Waals surface area (Å²) in [6, 6.07) is 1.54. The van der Waals surface area contributed by atoms with Gasteiger partial charge in [0, 0.05) is 7.05 Å². The summed E-state index contributed by atoms with van der Waals surface area (Å²) >= 11 is 2.20. The molecule has 2 aromatic rings. The lowest BCUT2D eigenvalue weighted by atomic mass is 10.5. The van der Waals surface area contributed by atoms with Crippen molar-refractivity contribution in [3.8, 4) is 0 Å². The van der Waals surface area contributed by atoms with Crippen LogP contribution in [0.4, 0.5) is 0 Å². The van der Waals surface area contributed by atoms with Crippen LogP contribution in [0.2, 0.25) is 0 Å². The van der Waals surface area contributed by atoms with Crippen molar-refractivity contribution in [3.63, 3.8) is 0 Å². The van der Waals surface area contributed by atoms with E-state index in [1.165, 1.54) is 10.6 Å². The average Bonchev–Trinajstić information content (AvgIpc) is 2.55. The van der Waals surface area contributed by atoms with Crippen molar-refractivity contribution < 1.29 is 9.90 Å². The fourth-order valence-corrected chi connectivity index (χ4v) is 3.07. The molecule has 2 rings (SSSR count). The zero-order valence-electron chi connectivity index (χ0n) is 6.60. The number of thiazole rings is 1. The Balaban J connectivity index is 2.79. The number of aromatic carboxylic acids is 1. The fourth-order valence-electron chi connectivity index (χ4n) is 1.02. The second-order valence-corrected chi connectivity index (χ2v) is 4.54. The van der Waals surface area contributed by atoms with E-state index in [1.54, 1.807) is 7.05 Å². The maximum absolute atomic E-state index is 11.1. The van der Waals surface area contributed by atoms with Gasteiger partial charge in [-0.25, -0.2) is 4.79 Å². The number of aromatic nitrogens is 1. The number of carboxylic acid groups (broad SMARTS) is 1. The quantitative estimate of drug-likeness (QED) is 0.781. The number of hydrogen-bond donors (Lipinski definition) is 1. The third-order valence-corrected chi connectivity index (χ3v) is 3.97. The number of hydrogen-bond acceptors (Lipinski definition) is 4. The average molecular weight is 215 g/mol. The number of carboxylic acids is 1. The maximum atomic E-state index is 11.1. The summed E-state index contributed by atoms with van der Waals surface area (Å²) in [7, 11) is 1.64. The molecule has 0 aliphatic rings. The van der Waals surface area contributed by atoms with Gasteiger partial charge in [-0.05, 0) is 6.07 Å². The molecule has 0 fully saturated rings. The van der Waals surface area contributed by atoms with E-state index in [-0.39, 0.29) is 9.75 Å². The molecule has 0 saturated carbocycles. The molecule has 6 heteroatoms. The fraction of sp³-hybridized carbons (Fsp3) is 0.143. The molecule has 0 amide bonds. The Hall–Kier alpha value is -1.14. The van der Waals surface area contributed by atoms with E-state index in [4.69, 9.17) is 5.11 Å². The molecule has 2 aromatic heterocycles. The standard InChI is InChI=1S/C7H5NO3S2/c1-8-5-3(13-7(8)11)2-4(12-5)6(9)10/h2H,1H3,(H,9,10). The van der Waals surface area contributed by atoms with Crippen LogP contribution in [0.3, 0.4) is 0 Å². The van der Waals surface area contributed by atoms with Gasteiger partial charge in [-0.2, -0.15) is 0 Å². The Morgan fingerprint density at radius 2 is 2.23 bits per heavy atom. The highest BCUT2D eigenvalue weighted by Crippen LogP contribution is 2.26. The smallest absolute Gasteiger partial charge is 0.345 e. The first-order chi connectivity index (χ1) is 6.09. The summed E-state index contributed by atoms with van der Waals surface area (Å²) in [6.45, 7) is 0. The Kier molecular flexibility index (Phi) is 1.74. The molecule has 2 heterocycles. The van der Waals surface area contributed by atoms with E-state index in [1.807, 2.05) is 0 Å². The van der Waals surface area contributed by atoms with Crippen LogP contribution < -0.4 is 4.87 Å². The maximum Gasteiger partial charge on any atom is 0.345 e. The first-order valence-corrected chi connectivity index (χ1v) is 5.05. The van der Waals surface area contributed by atoms with E-state index in [9.17, 15) is 9.59 Å². The number of aryl methyl sites for hydroxylation is 1. The van der Waals surface area contributed by atoms with Crippen LogP contribution in [0.5, 0.6) is 0 Å². The minimum absolute atomic E-state index is 0.0572. The van der Waals surface area contributed by atoms with E-state index in [2.05, 4.69) is 0 Å². The van der Waals surface area contributed by atoms with Crippen LogP contribution in [0, 0.1) is 0 Å². The minimum atomic E-state index is -0.944. The van der Waals surface area contributed by atoms with Gasteiger partial charge in [0.1, 0.15) is 9.71 Å². The normalized spacial score (nSPS) is 10.8. The molecular weight excluding hydrogens is 210 g/mol. The second kappa shape index (κ2) is 2.68. The highest BCUT2D eigenvalue weighted by molar-refractivity contribution is 7.27. The van der Waals surface area contributed by atoms with Crippen LogP contribution in [-0.2, 0) is 7.05 Å². The third kappa shape index (κ3) is 1.18. The van der Waals surface area contributed by atoms with Gasteiger partial charge < -0.3 is 5.11 Å². The SMILES string of the molecule is Cn1c(=O)sc2cc(C(=O)O)sc21. The topological polar surface area (TPSA) is 59.3 Å². The van der Waals surface area contributed by atoms with Gasteiger partial charge in [0.2, 0.25) is 0 Å². The summed E-state index contributed by atoms with van der Waals surface area (Å²) in [6.07, 6.45) is 0. The lowest BCUT2D eigenvalue weighted by Crippen LogP contribution is -2.05. The Morgan fingerprint density at radius 1 is 1.54 bits per heavy atom.